The van der Waals surface area contributed by atoms with E-state index in [9.17, 15) is 0 Å². The second-order valence-corrected chi connectivity index (χ2v) is 4.45. The quantitative estimate of drug-likeness (QED) is 0.757. The number of thiophene rings is 1. The predicted octanol–water partition coefficient (Wildman–Crippen LogP) is 1.78. The summed E-state index contributed by atoms with van der Waals surface area (Å²) < 4.78 is 0. The average molecular weight is 199 g/mol. The maximum Gasteiger partial charge on any atom is 0.0636 e. The van der Waals surface area contributed by atoms with Crippen molar-refractivity contribution < 1.29 is 5.11 Å². The number of hydrogen-bond acceptors (Lipinski definition) is 3. The molecular weight excluding hydrogens is 182 g/mol. The van der Waals surface area contributed by atoms with Crippen molar-refractivity contribution in [2.75, 3.05) is 6.54 Å². The van der Waals surface area contributed by atoms with E-state index in [0.29, 0.717) is 6.54 Å². The highest BCUT2D eigenvalue weighted by atomic mass is 32.1. The van der Waals surface area contributed by atoms with Gasteiger partial charge in [-0.25, -0.2) is 0 Å². The Morgan fingerprint density at radius 3 is 2.69 bits per heavy atom. The zero-order valence-corrected chi connectivity index (χ0v) is 9.03. The van der Waals surface area contributed by atoms with Gasteiger partial charge >= 0.3 is 0 Å². The van der Waals surface area contributed by atoms with Crippen molar-refractivity contribution in [2.45, 2.75) is 32.9 Å². The minimum absolute atomic E-state index is 0.259. The highest BCUT2D eigenvalue weighted by molar-refractivity contribution is 7.11. The van der Waals surface area contributed by atoms with E-state index in [-0.39, 0.29) is 6.10 Å². The lowest BCUT2D eigenvalue weighted by Crippen LogP contribution is -2.23. The van der Waals surface area contributed by atoms with E-state index in [1.54, 1.807) is 6.92 Å². The standard InChI is InChI=1S/C10H17NOS/c1-3-9-4-5-10(13-9)7-11-6-8(2)12/h4-5,8,11-12H,3,6-7H2,1-2H3/t8-/m0/s1. The Bertz CT molecular complexity index is 245. The van der Waals surface area contributed by atoms with E-state index in [2.05, 4.69) is 24.4 Å². The number of aliphatic hydroxyl groups excluding tert-OH is 1. The normalized spacial score (nSPS) is 13.2. The summed E-state index contributed by atoms with van der Waals surface area (Å²) in [5, 5.41) is 12.2. The molecule has 1 rings (SSSR count). The molecule has 0 amide bonds. The molecule has 74 valence electrons. The molecule has 1 aromatic rings. The Hall–Kier alpha value is -0.380. The molecule has 1 atom stereocenters. The topological polar surface area (TPSA) is 32.3 Å². The summed E-state index contributed by atoms with van der Waals surface area (Å²) in [4.78, 5) is 2.77. The number of aryl methyl sites for hydroxylation is 1. The van der Waals surface area contributed by atoms with Crippen molar-refractivity contribution >= 4 is 11.3 Å². The fourth-order valence-corrected chi connectivity index (χ4v) is 2.04. The summed E-state index contributed by atoms with van der Waals surface area (Å²) in [6.45, 7) is 5.49. The largest absolute Gasteiger partial charge is 0.392 e. The molecule has 0 saturated heterocycles. The minimum Gasteiger partial charge on any atom is -0.392 e. The zero-order valence-electron chi connectivity index (χ0n) is 8.21. The lowest BCUT2D eigenvalue weighted by molar-refractivity contribution is 0.191. The van der Waals surface area contributed by atoms with Gasteiger partial charge in [0.15, 0.2) is 0 Å². The van der Waals surface area contributed by atoms with Crippen LogP contribution < -0.4 is 5.32 Å². The van der Waals surface area contributed by atoms with Gasteiger partial charge in [-0.1, -0.05) is 6.92 Å². The highest BCUT2D eigenvalue weighted by Crippen LogP contribution is 2.16. The van der Waals surface area contributed by atoms with Crippen LogP contribution >= 0.6 is 11.3 Å². The first-order valence-corrected chi connectivity index (χ1v) is 5.50. The lowest BCUT2D eigenvalue weighted by atomic mass is 10.3. The molecule has 1 aromatic heterocycles. The third-order valence-corrected chi connectivity index (χ3v) is 3.03. The van der Waals surface area contributed by atoms with E-state index in [1.807, 2.05) is 11.3 Å². The summed E-state index contributed by atoms with van der Waals surface area (Å²) in [6.07, 6.45) is 0.853. The van der Waals surface area contributed by atoms with Crippen LogP contribution in [0.5, 0.6) is 0 Å². The predicted molar refractivity (Wildman–Crippen MR) is 57.1 cm³/mol. The lowest BCUT2D eigenvalue weighted by Gasteiger charge is -2.04. The molecule has 0 unspecified atom stereocenters. The van der Waals surface area contributed by atoms with Crippen LogP contribution in [0.15, 0.2) is 12.1 Å². The van der Waals surface area contributed by atoms with Gasteiger partial charge in [0.05, 0.1) is 6.10 Å². The summed E-state index contributed by atoms with van der Waals surface area (Å²) in [6, 6.07) is 4.32. The number of hydrogen-bond donors (Lipinski definition) is 2. The average Bonchev–Trinajstić information content (AvgIpc) is 2.52. The van der Waals surface area contributed by atoms with Crippen molar-refractivity contribution in [1.82, 2.24) is 5.32 Å². The van der Waals surface area contributed by atoms with Gasteiger partial charge in [0, 0.05) is 22.8 Å². The van der Waals surface area contributed by atoms with Gasteiger partial charge in [-0.05, 0) is 25.5 Å². The van der Waals surface area contributed by atoms with E-state index in [4.69, 9.17) is 5.11 Å². The number of rotatable bonds is 5. The molecule has 13 heavy (non-hydrogen) atoms. The Morgan fingerprint density at radius 1 is 1.46 bits per heavy atom. The Kier molecular flexibility index (Phi) is 4.42. The van der Waals surface area contributed by atoms with Gasteiger partial charge in [-0.15, -0.1) is 11.3 Å². The molecule has 0 bridgehead atoms. The maximum absolute atomic E-state index is 9.02. The monoisotopic (exact) mass is 199 g/mol. The van der Waals surface area contributed by atoms with Crippen molar-refractivity contribution in [1.29, 1.82) is 0 Å². The SMILES string of the molecule is CCc1ccc(CNC[C@H](C)O)s1. The third kappa shape index (κ3) is 3.89. The highest BCUT2D eigenvalue weighted by Gasteiger charge is 1.99. The third-order valence-electron chi connectivity index (χ3n) is 1.80. The number of aliphatic hydroxyl groups is 1. The molecule has 0 aromatic carbocycles. The van der Waals surface area contributed by atoms with Crippen molar-refractivity contribution in [3.63, 3.8) is 0 Å². The first-order chi connectivity index (χ1) is 6.22. The molecule has 0 aliphatic rings. The summed E-state index contributed by atoms with van der Waals surface area (Å²) in [5.74, 6) is 0. The van der Waals surface area contributed by atoms with Gasteiger partial charge in [-0.3, -0.25) is 0 Å². The first-order valence-electron chi connectivity index (χ1n) is 4.68. The van der Waals surface area contributed by atoms with E-state index in [0.717, 1.165) is 13.0 Å². The van der Waals surface area contributed by atoms with E-state index >= 15 is 0 Å². The molecule has 0 saturated carbocycles. The van der Waals surface area contributed by atoms with Gasteiger partial charge in [0.1, 0.15) is 0 Å². The van der Waals surface area contributed by atoms with Crippen LogP contribution in [0.1, 0.15) is 23.6 Å². The fourth-order valence-electron chi connectivity index (χ4n) is 1.11. The van der Waals surface area contributed by atoms with Crippen LogP contribution in [0.4, 0.5) is 0 Å². The van der Waals surface area contributed by atoms with Crippen LogP contribution in [0.2, 0.25) is 0 Å². The van der Waals surface area contributed by atoms with Crippen LogP contribution in [0.3, 0.4) is 0 Å². The summed E-state index contributed by atoms with van der Waals surface area (Å²) in [5.41, 5.74) is 0. The van der Waals surface area contributed by atoms with Crippen LogP contribution in [-0.2, 0) is 13.0 Å². The first kappa shape index (κ1) is 10.7. The van der Waals surface area contributed by atoms with Crippen LogP contribution in [0, 0.1) is 0 Å². The molecule has 2 nitrogen and oxygen atoms in total. The molecule has 0 fully saturated rings. The van der Waals surface area contributed by atoms with E-state index < -0.39 is 0 Å². The van der Waals surface area contributed by atoms with Crippen molar-refractivity contribution in [3.8, 4) is 0 Å². The summed E-state index contributed by atoms with van der Waals surface area (Å²) >= 11 is 1.84. The molecular formula is C10H17NOS. The Balaban J connectivity index is 2.28. The van der Waals surface area contributed by atoms with Gasteiger partial charge in [-0.2, -0.15) is 0 Å². The second kappa shape index (κ2) is 5.37. The smallest absolute Gasteiger partial charge is 0.0636 e. The zero-order chi connectivity index (χ0) is 9.68. The van der Waals surface area contributed by atoms with Gasteiger partial charge in [0.25, 0.3) is 0 Å². The van der Waals surface area contributed by atoms with E-state index in [1.165, 1.54) is 9.75 Å². The van der Waals surface area contributed by atoms with Gasteiger partial charge < -0.3 is 10.4 Å². The molecule has 3 heteroatoms. The molecule has 2 N–H and O–H groups in total. The minimum atomic E-state index is -0.259. The Morgan fingerprint density at radius 2 is 2.15 bits per heavy atom. The van der Waals surface area contributed by atoms with Gasteiger partial charge in [0.2, 0.25) is 0 Å². The maximum atomic E-state index is 9.02. The molecule has 0 aliphatic carbocycles. The molecule has 0 aliphatic heterocycles. The van der Waals surface area contributed by atoms with Crippen molar-refractivity contribution in [2.24, 2.45) is 0 Å². The molecule has 1 heterocycles. The fraction of sp³-hybridized carbons (Fsp3) is 0.600. The Labute approximate surface area is 83.6 Å². The van der Waals surface area contributed by atoms with Crippen LogP contribution in [-0.4, -0.2) is 17.8 Å². The van der Waals surface area contributed by atoms with Crippen molar-refractivity contribution in [3.05, 3.63) is 21.9 Å². The molecule has 0 radical (unpaired) electrons. The van der Waals surface area contributed by atoms with Crippen LogP contribution in [0.25, 0.3) is 0 Å². The summed E-state index contributed by atoms with van der Waals surface area (Å²) in [7, 11) is 0. The molecule has 0 spiro atoms. The second-order valence-electron chi connectivity index (χ2n) is 3.20. The number of nitrogens with one attached hydrogen (secondary N) is 1.